The minimum absolute atomic E-state index is 0.288. The molecule has 5 nitrogen and oxygen atoms in total. The zero-order chi connectivity index (χ0) is 19.4. The van der Waals surface area contributed by atoms with Gasteiger partial charge in [-0.15, -0.1) is 0 Å². The summed E-state index contributed by atoms with van der Waals surface area (Å²) in [5.41, 5.74) is 4.36. The van der Waals surface area contributed by atoms with Gasteiger partial charge in [0.05, 0.1) is 24.1 Å². The lowest BCUT2D eigenvalue weighted by Gasteiger charge is -2.19. The highest BCUT2D eigenvalue weighted by molar-refractivity contribution is 5.63. The van der Waals surface area contributed by atoms with E-state index in [1.54, 1.807) is 10.7 Å². The second-order valence-corrected chi connectivity index (χ2v) is 6.83. The lowest BCUT2D eigenvalue weighted by molar-refractivity contribution is 0.0648. The summed E-state index contributed by atoms with van der Waals surface area (Å²) in [5.74, 6) is -0.312. The third-order valence-corrected chi connectivity index (χ3v) is 4.33. The molecule has 0 fully saturated rings. The molecule has 0 bridgehead atoms. The van der Waals surface area contributed by atoms with Crippen molar-refractivity contribution in [3.63, 3.8) is 0 Å². The predicted molar refractivity (Wildman–Crippen MR) is 103 cm³/mol. The van der Waals surface area contributed by atoms with Crippen LogP contribution in [0.15, 0.2) is 54.7 Å². The fraction of sp³-hybridized carbons (Fsp3) is 0.286. The number of hydrogen-bond donors (Lipinski definition) is 2. The molecule has 0 aliphatic heterocycles. The zero-order valence-electron chi connectivity index (χ0n) is 15.5. The number of likely N-dealkylation sites (N-methyl/N-ethyl adjacent to an activating group) is 1. The molecule has 3 rings (SSSR count). The molecule has 2 N–H and O–H groups in total. The number of benzene rings is 2. The van der Waals surface area contributed by atoms with E-state index in [1.807, 2.05) is 55.4 Å². The molecule has 3 aromatic rings. The Morgan fingerprint density at radius 3 is 2.67 bits per heavy atom. The average Bonchev–Trinajstić information content (AvgIpc) is 3.05. The normalized spacial score (nSPS) is 12.5. The maximum atomic E-state index is 13.7. The van der Waals surface area contributed by atoms with Gasteiger partial charge in [0, 0.05) is 30.4 Å². The fourth-order valence-electron chi connectivity index (χ4n) is 3.08. The average molecular weight is 369 g/mol. The molecule has 1 atom stereocenters. The van der Waals surface area contributed by atoms with Gasteiger partial charge in [-0.2, -0.15) is 5.10 Å². The number of nitrogens with zero attached hydrogens (tertiary/aromatic N) is 3. The topological polar surface area (TPSA) is 61.5 Å². The minimum atomic E-state index is -0.806. The van der Waals surface area contributed by atoms with Crippen LogP contribution in [0.3, 0.4) is 0 Å². The summed E-state index contributed by atoms with van der Waals surface area (Å²) >= 11 is 0. The van der Waals surface area contributed by atoms with Gasteiger partial charge in [0.1, 0.15) is 5.82 Å². The first kappa shape index (κ1) is 19.2. The molecule has 0 unspecified atom stereocenters. The molecule has 0 spiro atoms. The summed E-state index contributed by atoms with van der Waals surface area (Å²) in [7, 11) is 1.86. The molecule has 0 aliphatic rings. The standard InChI is InChI=1S/C21H24FN3O2/c1-15-5-3-8-19(9-15)25-12-17(11-24(2)13-20(27)14-26)21(23-25)16-6-4-7-18(22)10-16/h3-10,12,20,26-27H,11,13-14H2,1-2H3/t20-/m1/s1. The lowest BCUT2D eigenvalue weighted by Crippen LogP contribution is -2.31. The van der Waals surface area contributed by atoms with Crippen molar-refractivity contribution in [3.8, 4) is 16.9 Å². The van der Waals surface area contributed by atoms with Gasteiger partial charge in [-0.05, 0) is 43.8 Å². The largest absolute Gasteiger partial charge is 0.394 e. The van der Waals surface area contributed by atoms with Crippen LogP contribution in [0.5, 0.6) is 0 Å². The van der Waals surface area contributed by atoms with E-state index in [4.69, 9.17) is 10.2 Å². The van der Waals surface area contributed by atoms with Crippen LogP contribution in [0.2, 0.25) is 0 Å². The molecule has 2 aromatic carbocycles. The third kappa shape index (κ3) is 4.80. The van der Waals surface area contributed by atoms with Gasteiger partial charge < -0.3 is 10.2 Å². The molecule has 0 saturated heterocycles. The first-order chi connectivity index (χ1) is 13.0. The summed E-state index contributed by atoms with van der Waals surface area (Å²) in [5, 5.41) is 23.4. The van der Waals surface area contributed by atoms with Crippen LogP contribution < -0.4 is 0 Å². The monoisotopic (exact) mass is 369 g/mol. The van der Waals surface area contributed by atoms with Gasteiger partial charge in [-0.25, -0.2) is 9.07 Å². The molecule has 0 amide bonds. The zero-order valence-corrected chi connectivity index (χ0v) is 15.5. The highest BCUT2D eigenvalue weighted by atomic mass is 19.1. The number of aliphatic hydroxyl groups excluding tert-OH is 2. The molecule has 0 radical (unpaired) electrons. The number of aryl methyl sites for hydroxylation is 1. The van der Waals surface area contributed by atoms with E-state index >= 15 is 0 Å². The van der Waals surface area contributed by atoms with Crippen LogP contribution in [0.4, 0.5) is 4.39 Å². The van der Waals surface area contributed by atoms with E-state index in [1.165, 1.54) is 12.1 Å². The smallest absolute Gasteiger partial charge is 0.123 e. The van der Waals surface area contributed by atoms with E-state index in [-0.39, 0.29) is 12.4 Å². The summed E-state index contributed by atoms with van der Waals surface area (Å²) in [4.78, 5) is 1.90. The third-order valence-electron chi connectivity index (χ3n) is 4.33. The van der Waals surface area contributed by atoms with Crippen LogP contribution in [-0.4, -0.2) is 51.2 Å². The van der Waals surface area contributed by atoms with Crippen LogP contribution >= 0.6 is 0 Å². The van der Waals surface area contributed by atoms with E-state index in [0.717, 1.165) is 16.8 Å². The molecular formula is C21H24FN3O2. The summed E-state index contributed by atoms with van der Waals surface area (Å²) < 4.78 is 15.5. The number of aromatic nitrogens is 2. The Kier molecular flexibility index (Phi) is 6.01. The van der Waals surface area contributed by atoms with Crippen molar-refractivity contribution in [3.05, 3.63) is 71.7 Å². The quantitative estimate of drug-likeness (QED) is 0.672. The van der Waals surface area contributed by atoms with Crippen LogP contribution in [0, 0.1) is 12.7 Å². The van der Waals surface area contributed by atoms with Crippen molar-refractivity contribution in [2.75, 3.05) is 20.2 Å². The highest BCUT2D eigenvalue weighted by Gasteiger charge is 2.16. The van der Waals surface area contributed by atoms with Crippen molar-refractivity contribution < 1.29 is 14.6 Å². The second kappa shape index (κ2) is 8.43. The van der Waals surface area contributed by atoms with Crippen LogP contribution in [-0.2, 0) is 6.54 Å². The predicted octanol–water partition coefficient (Wildman–Crippen LogP) is 2.77. The van der Waals surface area contributed by atoms with Crippen LogP contribution in [0.25, 0.3) is 16.9 Å². The van der Waals surface area contributed by atoms with Gasteiger partial charge in [0.2, 0.25) is 0 Å². The second-order valence-electron chi connectivity index (χ2n) is 6.83. The number of rotatable bonds is 7. The number of aliphatic hydroxyl groups is 2. The van der Waals surface area contributed by atoms with Crippen LogP contribution in [0.1, 0.15) is 11.1 Å². The molecule has 6 heteroatoms. The van der Waals surface area contributed by atoms with Gasteiger partial charge in [-0.1, -0.05) is 24.3 Å². The molecule has 0 aliphatic carbocycles. The maximum Gasteiger partial charge on any atom is 0.123 e. The molecule has 27 heavy (non-hydrogen) atoms. The Morgan fingerprint density at radius 1 is 1.19 bits per heavy atom. The fourth-order valence-corrected chi connectivity index (χ4v) is 3.08. The summed E-state index contributed by atoms with van der Waals surface area (Å²) in [6, 6.07) is 14.4. The summed E-state index contributed by atoms with van der Waals surface area (Å²) in [6.45, 7) is 2.57. The Balaban J connectivity index is 1.99. The Bertz CT molecular complexity index is 910. The number of halogens is 1. The van der Waals surface area contributed by atoms with Gasteiger partial charge in [0.15, 0.2) is 0 Å². The summed E-state index contributed by atoms with van der Waals surface area (Å²) in [6.07, 6.45) is 1.12. The Morgan fingerprint density at radius 2 is 1.96 bits per heavy atom. The Labute approximate surface area is 158 Å². The molecule has 0 saturated carbocycles. The van der Waals surface area contributed by atoms with Crippen molar-refractivity contribution in [2.45, 2.75) is 19.6 Å². The Hall–Kier alpha value is -2.54. The molecular weight excluding hydrogens is 345 g/mol. The van der Waals surface area contributed by atoms with Crippen molar-refractivity contribution in [1.82, 2.24) is 14.7 Å². The first-order valence-electron chi connectivity index (χ1n) is 8.85. The van der Waals surface area contributed by atoms with Crippen molar-refractivity contribution in [2.24, 2.45) is 0 Å². The number of hydrogen-bond acceptors (Lipinski definition) is 4. The van der Waals surface area contributed by atoms with Gasteiger partial charge in [0.25, 0.3) is 0 Å². The SMILES string of the molecule is Cc1cccc(-n2cc(CN(C)C[C@@H](O)CO)c(-c3cccc(F)c3)n2)c1. The van der Waals surface area contributed by atoms with E-state index in [2.05, 4.69) is 0 Å². The highest BCUT2D eigenvalue weighted by Crippen LogP contribution is 2.25. The van der Waals surface area contributed by atoms with E-state index in [0.29, 0.717) is 24.3 Å². The van der Waals surface area contributed by atoms with E-state index < -0.39 is 6.10 Å². The van der Waals surface area contributed by atoms with Crippen molar-refractivity contribution in [1.29, 1.82) is 0 Å². The molecule has 1 aromatic heterocycles. The first-order valence-corrected chi connectivity index (χ1v) is 8.85. The van der Waals surface area contributed by atoms with Gasteiger partial charge in [-0.3, -0.25) is 4.90 Å². The minimum Gasteiger partial charge on any atom is -0.394 e. The van der Waals surface area contributed by atoms with Gasteiger partial charge >= 0.3 is 0 Å². The maximum absolute atomic E-state index is 13.7. The lowest BCUT2D eigenvalue weighted by atomic mass is 10.1. The van der Waals surface area contributed by atoms with Crippen molar-refractivity contribution >= 4 is 0 Å². The molecule has 142 valence electrons. The van der Waals surface area contributed by atoms with E-state index in [9.17, 15) is 9.50 Å². The molecule has 1 heterocycles.